The van der Waals surface area contributed by atoms with E-state index in [4.69, 9.17) is 4.74 Å². The Morgan fingerprint density at radius 3 is 2.04 bits per heavy atom. The molecule has 28 heavy (non-hydrogen) atoms. The van der Waals surface area contributed by atoms with Crippen molar-refractivity contribution >= 4 is 23.5 Å². The number of ether oxygens (including phenoxy) is 1. The molecule has 0 unspecified atom stereocenters. The molecule has 0 aromatic heterocycles. The summed E-state index contributed by atoms with van der Waals surface area (Å²) in [5, 5.41) is 0. The van der Waals surface area contributed by atoms with Gasteiger partial charge in [0.05, 0.1) is 30.2 Å². The van der Waals surface area contributed by atoms with Crippen molar-refractivity contribution in [3.05, 3.63) is 53.1 Å². The van der Waals surface area contributed by atoms with Crippen molar-refractivity contribution in [1.82, 2.24) is 0 Å². The van der Waals surface area contributed by atoms with E-state index in [9.17, 15) is 14.4 Å². The quantitative estimate of drug-likeness (QED) is 0.448. The lowest BCUT2D eigenvalue weighted by molar-refractivity contribution is -0.122. The monoisotopic (exact) mass is 377 g/mol. The molecule has 4 atom stereocenters. The van der Waals surface area contributed by atoms with Crippen molar-refractivity contribution in [3.8, 4) is 0 Å². The van der Waals surface area contributed by atoms with E-state index in [1.54, 1.807) is 24.3 Å². The van der Waals surface area contributed by atoms with Crippen molar-refractivity contribution in [3.63, 3.8) is 0 Å². The van der Waals surface area contributed by atoms with Crippen molar-refractivity contribution in [1.29, 1.82) is 0 Å². The van der Waals surface area contributed by atoms with E-state index in [1.165, 1.54) is 42.4 Å². The summed E-state index contributed by atoms with van der Waals surface area (Å²) in [6.45, 7) is 0. The molecule has 2 amide bonds. The molecule has 4 aliphatic rings. The Labute approximate surface area is 164 Å². The van der Waals surface area contributed by atoms with E-state index < -0.39 is 5.97 Å². The Morgan fingerprint density at radius 1 is 0.929 bits per heavy atom. The molecule has 2 saturated carbocycles. The fourth-order valence-corrected chi connectivity index (χ4v) is 5.62. The van der Waals surface area contributed by atoms with Crippen LogP contribution in [-0.2, 0) is 14.3 Å². The summed E-state index contributed by atoms with van der Waals surface area (Å²) >= 11 is 0. The van der Waals surface area contributed by atoms with Crippen LogP contribution in [0, 0.1) is 23.7 Å². The number of fused-ring (bicyclic) bond motifs is 5. The van der Waals surface area contributed by atoms with Gasteiger partial charge in [-0.05, 0) is 49.9 Å². The van der Waals surface area contributed by atoms with Crippen molar-refractivity contribution in [2.24, 2.45) is 23.7 Å². The minimum absolute atomic E-state index is 0.0823. The highest BCUT2D eigenvalue weighted by Gasteiger charge is 2.62. The van der Waals surface area contributed by atoms with Crippen LogP contribution in [0.4, 0.5) is 5.69 Å². The zero-order valence-corrected chi connectivity index (χ0v) is 15.9. The molecule has 2 bridgehead atoms. The molecule has 1 heterocycles. The number of methoxy groups -OCH3 is 1. The molecular weight excluding hydrogens is 354 g/mol. The first-order chi connectivity index (χ1) is 13.6. The summed E-state index contributed by atoms with van der Waals surface area (Å²) in [6, 6.07) is 6.49. The number of hydrogen-bond donors (Lipinski definition) is 0. The van der Waals surface area contributed by atoms with Crippen LogP contribution in [0.1, 0.15) is 42.5 Å². The number of nitrogens with zero attached hydrogens (tertiary/aromatic N) is 1. The van der Waals surface area contributed by atoms with Crippen LogP contribution in [0.3, 0.4) is 0 Å². The van der Waals surface area contributed by atoms with Gasteiger partial charge in [0.25, 0.3) is 0 Å². The summed E-state index contributed by atoms with van der Waals surface area (Å²) < 4.78 is 4.71. The first-order valence-corrected chi connectivity index (χ1v) is 10.1. The molecule has 5 nitrogen and oxygen atoms in total. The van der Waals surface area contributed by atoms with Gasteiger partial charge in [-0.2, -0.15) is 0 Å². The average Bonchev–Trinajstić information content (AvgIpc) is 3.38. The number of esters is 1. The number of carbonyl (C=O) groups excluding carboxylic acids is 3. The van der Waals surface area contributed by atoms with E-state index in [-0.39, 0.29) is 35.5 Å². The number of imide groups is 1. The summed E-state index contributed by atoms with van der Waals surface area (Å²) in [5.74, 6) is -1.02. The maximum Gasteiger partial charge on any atom is 0.337 e. The Balaban J connectivity index is 1.46. The molecule has 1 aliphatic heterocycles. The summed E-state index contributed by atoms with van der Waals surface area (Å²) in [5.41, 5.74) is 3.80. The molecule has 0 N–H and O–H groups in total. The lowest BCUT2D eigenvalue weighted by Crippen LogP contribution is -2.33. The largest absolute Gasteiger partial charge is 0.465 e. The number of amides is 2. The van der Waals surface area contributed by atoms with Crippen molar-refractivity contribution < 1.29 is 19.1 Å². The Bertz CT molecular complexity index is 884. The number of carbonyl (C=O) groups is 3. The second-order valence-electron chi connectivity index (χ2n) is 8.16. The smallest absolute Gasteiger partial charge is 0.337 e. The lowest BCUT2D eigenvalue weighted by Gasteiger charge is -2.23. The molecule has 1 aromatic rings. The topological polar surface area (TPSA) is 63.7 Å². The normalized spacial score (nSPS) is 31.0. The van der Waals surface area contributed by atoms with Crippen LogP contribution < -0.4 is 4.90 Å². The van der Waals surface area contributed by atoms with Gasteiger partial charge in [0.15, 0.2) is 0 Å². The second kappa shape index (κ2) is 6.43. The standard InChI is InChI=1S/C23H23NO4/c1-28-23(27)14-7-9-15(10-8-14)24-21(25)19-16-11-12-17(20(19)22(24)26)18(16)13-5-3-2-4-6-13/h7-12,16-17,19-20H,2-6H2,1H3/t16-,17+,19+,20-. The molecule has 1 saturated heterocycles. The van der Waals surface area contributed by atoms with Gasteiger partial charge in [0, 0.05) is 11.8 Å². The molecule has 5 rings (SSSR count). The van der Waals surface area contributed by atoms with Crippen LogP contribution >= 0.6 is 0 Å². The number of rotatable bonds is 2. The predicted molar refractivity (Wildman–Crippen MR) is 103 cm³/mol. The van der Waals surface area contributed by atoms with Gasteiger partial charge < -0.3 is 4.74 Å². The summed E-state index contributed by atoms with van der Waals surface area (Å²) in [6.07, 6.45) is 10.2. The lowest BCUT2D eigenvalue weighted by atomic mass is 9.85. The van der Waals surface area contributed by atoms with Gasteiger partial charge in [-0.15, -0.1) is 0 Å². The molecule has 1 aromatic carbocycles. The third-order valence-corrected chi connectivity index (χ3v) is 6.83. The zero-order valence-electron chi connectivity index (χ0n) is 15.9. The van der Waals surface area contributed by atoms with Gasteiger partial charge in [-0.1, -0.05) is 29.7 Å². The molecule has 0 spiro atoms. The van der Waals surface area contributed by atoms with Gasteiger partial charge >= 0.3 is 5.97 Å². The predicted octanol–water partition coefficient (Wildman–Crippen LogP) is 3.66. The maximum absolute atomic E-state index is 13.2. The van der Waals surface area contributed by atoms with E-state index >= 15 is 0 Å². The van der Waals surface area contributed by atoms with Gasteiger partial charge in [0.1, 0.15) is 0 Å². The number of benzene rings is 1. The number of anilines is 1. The van der Waals surface area contributed by atoms with Gasteiger partial charge in [-0.25, -0.2) is 9.69 Å². The highest BCUT2D eigenvalue weighted by atomic mass is 16.5. The molecular formula is C23H23NO4. The third kappa shape index (κ3) is 2.35. The van der Waals surface area contributed by atoms with E-state index in [1.807, 2.05) is 0 Å². The van der Waals surface area contributed by atoms with Crippen LogP contribution in [0.5, 0.6) is 0 Å². The first-order valence-electron chi connectivity index (χ1n) is 10.1. The van der Waals surface area contributed by atoms with Crippen molar-refractivity contribution in [2.45, 2.75) is 32.1 Å². The molecule has 144 valence electrons. The van der Waals surface area contributed by atoms with Gasteiger partial charge in [-0.3, -0.25) is 9.59 Å². The highest BCUT2D eigenvalue weighted by Crippen LogP contribution is 2.58. The van der Waals surface area contributed by atoms with Crippen LogP contribution in [-0.4, -0.2) is 24.9 Å². The highest BCUT2D eigenvalue weighted by molar-refractivity contribution is 6.23. The zero-order chi connectivity index (χ0) is 19.4. The fourth-order valence-electron chi connectivity index (χ4n) is 5.62. The molecule has 3 fully saturated rings. The maximum atomic E-state index is 13.2. The van der Waals surface area contributed by atoms with Crippen LogP contribution in [0.25, 0.3) is 0 Å². The summed E-state index contributed by atoms with van der Waals surface area (Å²) in [4.78, 5) is 39.5. The van der Waals surface area contributed by atoms with Crippen molar-refractivity contribution in [2.75, 3.05) is 12.0 Å². The Kier molecular flexibility index (Phi) is 4.00. The average molecular weight is 377 g/mol. The molecule has 0 radical (unpaired) electrons. The SMILES string of the molecule is COC(=O)c1ccc(N2C(=O)[C@@H]3[C@H](C2=O)[C@H]2C=C[C@@H]3C2=C2CCCCC2)cc1. The Hall–Kier alpha value is -2.69. The van der Waals surface area contributed by atoms with E-state index in [2.05, 4.69) is 12.2 Å². The minimum atomic E-state index is -0.437. The third-order valence-electron chi connectivity index (χ3n) is 6.83. The second-order valence-corrected chi connectivity index (χ2v) is 8.16. The minimum Gasteiger partial charge on any atom is -0.465 e. The van der Waals surface area contributed by atoms with E-state index in [0.717, 1.165) is 12.8 Å². The first kappa shape index (κ1) is 17.4. The number of allylic oxidation sites excluding steroid dienone is 4. The fraction of sp³-hybridized carbons (Fsp3) is 0.435. The Morgan fingerprint density at radius 2 is 1.50 bits per heavy atom. The van der Waals surface area contributed by atoms with Crippen LogP contribution in [0.2, 0.25) is 0 Å². The van der Waals surface area contributed by atoms with Crippen LogP contribution in [0.15, 0.2) is 47.6 Å². The van der Waals surface area contributed by atoms with E-state index in [0.29, 0.717) is 11.3 Å². The molecule has 5 heteroatoms. The van der Waals surface area contributed by atoms with Gasteiger partial charge in [0.2, 0.25) is 11.8 Å². The summed E-state index contributed by atoms with van der Waals surface area (Å²) in [7, 11) is 1.33. The molecule has 3 aliphatic carbocycles. The number of hydrogen-bond acceptors (Lipinski definition) is 4.